The van der Waals surface area contributed by atoms with E-state index in [4.69, 9.17) is 0 Å². The zero-order chi connectivity index (χ0) is 23.9. The average Bonchev–Trinajstić information content (AvgIpc) is 2.89. The van der Waals surface area contributed by atoms with Gasteiger partial charge in [0.25, 0.3) is 0 Å². The second-order valence-corrected chi connectivity index (χ2v) is 9.56. The third kappa shape index (κ3) is 5.52. The van der Waals surface area contributed by atoms with Crippen LogP contribution in [0.2, 0.25) is 0 Å². The van der Waals surface area contributed by atoms with Crippen LogP contribution >= 0.6 is 0 Å². The second-order valence-electron chi connectivity index (χ2n) is 9.56. The van der Waals surface area contributed by atoms with E-state index in [1.54, 1.807) is 0 Å². The highest BCUT2D eigenvalue weighted by atomic mass is 16.2. The molecule has 1 N–H and O–H groups in total. The molecule has 2 amide bonds. The van der Waals surface area contributed by atoms with Crippen molar-refractivity contribution in [3.63, 3.8) is 0 Å². The maximum absolute atomic E-state index is 13.8. The lowest BCUT2D eigenvalue weighted by atomic mass is 9.81. The Morgan fingerprint density at radius 1 is 0.794 bits per heavy atom. The van der Waals surface area contributed by atoms with Crippen LogP contribution < -0.4 is 5.32 Å². The minimum Gasteiger partial charge on any atom is -0.317 e. The first-order chi connectivity index (χ1) is 16.6. The van der Waals surface area contributed by atoms with Crippen LogP contribution in [0.15, 0.2) is 72.8 Å². The Bertz CT molecular complexity index is 1060. The van der Waals surface area contributed by atoms with Crippen LogP contribution in [0.1, 0.15) is 73.3 Å². The number of benzene rings is 3. The van der Waals surface area contributed by atoms with Crippen LogP contribution in [0, 0.1) is 6.92 Å². The molecule has 0 aromatic heterocycles. The van der Waals surface area contributed by atoms with Crippen molar-refractivity contribution in [1.29, 1.82) is 0 Å². The summed E-state index contributed by atoms with van der Waals surface area (Å²) in [5.74, 6) is 0.591. The Hall–Kier alpha value is -3.07. The molecule has 0 heterocycles. The summed E-state index contributed by atoms with van der Waals surface area (Å²) in [4.78, 5) is 15.9. The standard InChI is InChI=1S/C31H38N2O/c1-4-24-16-11-17-25(5-2)30(24)32-31(34)33(22-28-15-10-9-12-23(28)3)29-20-18-27(19-21-29)26-13-7-6-8-14-26/h6-17,27,29H,4-5,18-22H2,1-3H3,(H,32,34). The summed E-state index contributed by atoms with van der Waals surface area (Å²) < 4.78 is 0. The number of carbonyl (C=O) groups excluding carboxylic acids is 1. The van der Waals surface area contributed by atoms with Gasteiger partial charge < -0.3 is 10.2 Å². The predicted molar refractivity (Wildman–Crippen MR) is 142 cm³/mol. The molecule has 0 bridgehead atoms. The average molecular weight is 455 g/mol. The first-order valence-electron chi connectivity index (χ1n) is 12.9. The molecule has 178 valence electrons. The van der Waals surface area contributed by atoms with Crippen molar-refractivity contribution in [3.05, 3.63) is 101 Å². The molecule has 34 heavy (non-hydrogen) atoms. The van der Waals surface area contributed by atoms with Crippen molar-refractivity contribution in [2.45, 2.75) is 77.8 Å². The minimum absolute atomic E-state index is 0.0296. The minimum atomic E-state index is 0.0296. The molecule has 1 saturated carbocycles. The highest BCUT2D eigenvalue weighted by Gasteiger charge is 2.30. The van der Waals surface area contributed by atoms with E-state index in [0.717, 1.165) is 44.2 Å². The van der Waals surface area contributed by atoms with E-state index < -0.39 is 0 Å². The van der Waals surface area contributed by atoms with Gasteiger partial charge in [0, 0.05) is 18.3 Å². The molecular formula is C31H38N2O. The maximum Gasteiger partial charge on any atom is 0.322 e. The number of para-hydroxylation sites is 1. The first kappa shape index (κ1) is 24.1. The van der Waals surface area contributed by atoms with Gasteiger partial charge in [0.15, 0.2) is 0 Å². The molecular weight excluding hydrogens is 416 g/mol. The molecule has 4 rings (SSSR count). The topological polar surface area (TPSA) is 32.3 Å². The number of hydrogen-bond donors (Lipinski definition) is 1. The summed E-state index contributed by atoms with van der Waals surface area (Å²) in [6.07, 6.45) is 6.13. The highest BCUT2D eigenvalue weighted by molar-refractivity contribution is 5.91. The fourth-order valence-electron chi connectivity index (χ4n) is 5.37. The van der Waals surface area contributed by atoms with Crippen LogP contribution in [-0.4, -0.2) is 17.0 Å². The van der Waals surface area contributed by atoms with Crippen molar-refractivity contribution in [3.8, 4) is 0 Å². The molecule has 1 aliphatic carbocycles. The van der Waals surface area contributed by atoms with E-state index >= 15 is 0 Å². The summed E-state index contributed by atoms with van der Waals surface area (Å²) in [7, 11) is 0. The van der Waals surface area contributed by atoms with Gasteiger partial charge in [-0.1, -0.05) is 86.6 Å². The third-order valence-corrected chi connectivity index (χ3v) is 7.50. The number of rotatable bonds is 7. The van der Waals surface area contributed by atoms with E-state index in [-0.39, 0.29) is 12.1 Å². The summed E-state index contributed by atoms with van der Waals surface area (Å²) in [5.41, 5.74) is 7.31. The van der Waals surface area contributed by atoms with Gasteiger partial charge >= 0.3 is 6.03 Å². The first-order valence-corrected chi connectivity index (χ1v) is 12.9. The maximum atomic E-state index is 13.8. The zero-order valence-electron chi connectivity index (χ0n) is 20.9. The van der Waals surface area contributed by atoms with Crippen LogP contribution in [0.3, 0.4) is 0 Å². The van der Waals surface area contributed by atoms with E-state index in [9.17, 15) is 4.79 Å². The zero-order valence-corrected chi connectivity index (χ0v) is 20.9. The van der Waals surface area contributed by atoms with Crippen molar-refractivity contribution in [2.24, 2.45) is 0 Å². The fourth-order valence-corrected chi connectivity index (χ4v) is 5.37. The molecule has 0 saturated heterocycles. The number of urea groups is 1. The molecule has 3 aromatic carbocycles. The van der Waals surface area contributed by atoms with Crippen LogP contribution in [-0.2, 0) is 19.4 Å². The molecule has 1 aliphatic rings. The van der Waals surface area contributed by atoms with Crippen molar-refractivity contribution in [2.75, 3.05) is 5.32 Å². The Morgan fingerprint density at radius 3 is 2.00 bits per heavy atom. The molecule has 3 aromatic rings. The number of carbonyl (C=O) groups is 1. The number of nitrogens with one attached hydrogen (secondary N) is 1. The van der Waals surface area contributed by atoms with Gasteiger partial charge in [-0.3, -0.25) is 0 Å². The van der Waals surface area contributed by atoms with Gasteiger partial charge in [-0.15, -0.1) is 0 Å². The van der Waals surface area contributed by atoms with Crippen molar-refractivity contribution >= 4 is 11.7 Å². The number of amides is 2. The number of hydrogen-bond acceptors (Lipinski definition) is 1. The quantitative estimate of drug-likeness (QED) is 0.387. The molecule has 0 radical (unpaired) electrons. The SMILES string of the molecule is CCc1cccc(CC)c1NC(=O)N(Cc1ccccc1C)C1CCC(c2ccccc2)CC1. The van der Waals surface area contributed by atoms with Gasteiger partial charge in [0.05, 0.1) is 0 Å². The van der Waals surface area contributed by atoms with E-state index in [2.05, 4.69) is 104 Å². The van der Waals surface area contributed by atoms with Gasteiger partial charge in [-0.2, -0.15) is 0 Å². The lowest BCUT2D eigenvalue weighted by Gasteiger charge is -2.37. The summed E-state index contributed by atoms with van der Waals surface area (Å²) in [5, 5.41) is 3.35. The third-order valence-electron chi connectivity index (χ3n) is 7.50. The number of aryl methyl sites for hydroxylation is 3. The second kappa shape index (κ2) is 11.4. The Balaban J connectivity index is 1.56. The van der Waals surface area contributed by atoms with Crippen LogP contribution in [0.25, 0.3) is 0 Å². The molecule has 1 fully saturated rings. The van der Waals surface area contributed by atoms with Crippen LogP contribution in [0.4, 0.5) is 10.5 Å². The molecule has 3 nitrogen and oxygen atoms in total. The van der Waals surface area contributed by atoms with E-state index in [0.29, 0.717) is 12.5 Å². The number of nitrogens with zero attached hydrogens (tertiary/aromatic N) is 1. The van der Waals surface area contributed by atoms with Crippen LogP contribution in [0.5, 0.6) is 0 Å². The van der Waals surface area contributed by atoms with Gasteiger partial charge in [0.2, 0.25) is 0 Å². The fraction of sp³-hybridized carbons (Fsp3) is 0.387. The molecule has 3 heteroatoms. The molecule has 0 atom stereocenters. The molecule has 0 unspecified atom stereocenters. The van der Waals surface area contributed by atoms with Gasteiger partial charge in [-0.25, -0.2) is 4.79 Å². The van der Waals surface area contributed by atoms with E-state index in [1.807, 2.05) is 0 Å². The normalized spacial score (nSPS) is 17.9. The lowest BCUT2D eigenvalue weighted by Crippen LogP contribution is -2.44. The van der Waals surface area contributed by atoms with Gasteiger partial charge in [-0.05, 0) is 79.2 Å². The van der Waals surface area contributed by atoms with E-state index in [1.165, 1.54) is 27.8 Å². The predicted octanol–water partition coefficient (Wildman–Crippen LogP) is 7.88. The molecule has 0 spiro atoms. The van der Waals surface area contributed by atoms with Crippen molar-refractivity contribution < 1.29 is 4.79 Å². The Morgan fingerprint density at radius 2 is 1.38 bits per heavy atom. The summed E-state index contributed by atoms with van der Waals surface area (Å²) in [6, 6.07) is 25.9. The largest absolute Gasteiger partial charge is 0.322 e. The lowest BCUT2D eigenvalue weighted by molar-refractivity contribution is 0.158. The molecule has 0 aliphatic heterocycles. The summed E-state index contributed by atoms with van der Waals surface area (Å²) in [6.45, 7) is 7.09. The smallest absolute Gasteiger partial charge is 0.317 e. The summed E-state index contributed by atoms with van der Waals surface area (Å²) >= 11 is 0. The van der Waals surface area contributed by atoms with Crippen molar-refractivity contribution in [1.82, 2.24) is 4.90 Å². The Labute approximate surface area is 205 Å². The highest BCUT2D eigenvalue weighted by Crippen LogP contribution is 2.36. The monoisotopic (exact) mass is 454 g/mol. The number of anilines is 1. The Kier molecular flexibility index (Phi) is 8.05. The van der Waals surface area contributed by atoms with Gasteiger partial charge in [0.1, 0.15) is 0 Å².